The average molecular weight is 168 g/mol. The molecule has 2 rings (SSSR count). The molecule has 12 heavy (non-hydrogen) atoms. The predicted molar refractivity (Wildman–Crippen MR) is 42.3 cm³/mol. The molecule has 0 aromatic heterocycles. The summed E-state index contributed by atoms with van der Waals surface area (Å²) < 4.78 is 0. The highest BCUT2D eigenvalue weighted by Crippen LogP contribution is 2.36. The van der Waals surface area contributed by atoms with E-state index >= 15 is 0 Å². The molecule has 2 fully saturated rings. The minimum Gasteiger partial charge on any atom is -0.356 e. The van der Waals surface area contributed by atoms with Crippen LogP contribution in [-0.2, 0) is 9.59 Å². The minimum absolute atomic E-state index is 0.0557. The number of carbonyl (C=O) groups is 2. The average Bonchev–Trinajstić information content (AvgIpc) is 2.45. The van der Waals surface area contributed by atoms with Crippen LogP contribution in [0.1, 0.15) is 12.8 Å². The van der Waals surface area contributed by atoms with Crippen LogP contribution in [0, 0.1) is 5.41 Å². The molecule has 66 valence electrons. The van der Waals surface area contributed by atoms with Gasteiger partial charge in [0.25, 0.3) is 0 Å². The summed E-state index contributed by atoms with van der Waals surface area (Å²) in [6, 6.07) is 0. The highest BCUT2D eigenvalue weighted by molar-refractivity contribution is 5.93. The summed E-state index contributed by atoms with van der Waals surface area (Å²) in [4.78, 5) is 24.3. The second-order valence-electron chi connectivity index (χ2n) is 3.71. The van der Waals surface area contributed by atoms with Crippen molar-refractivity contribution in [2.45, 2.75) is 12.8 Å². The van der Waals surface area contributed by atoms with Crippen molar-refractivity contribution in [3.05, 3.63) is 0 Å². The van der Waals surface area contributed by atoms with Crippen molar-refractivity contribution >= 4 is 11.8 Å². The zero-order valence-electron chi connectivity index (χ0n) is 7.09. The van der Waals surface area contributed by atoms with Crippen LogP contribution in [0.5, 0.6) is 0 Å². The maximum atomic E-state index is 11.4. The molecule has 0 aromatic carbocycles. The topological polar surface area (TPSA) is 49.4 Å². The van der Waals surface area contributed by atoms with Gasteiger partial charge in [-0.15, -0.1) is 0 Å². The van der Waals surface area contributed by atoms with Gasteiger partial charge in [0, 0.05) is 26.6 Å². The third-order valence-electron chi connectivity index (χ3n) is 2.83. The molecule has 0 saturated carbocycles. The highest BCUT2D eigenvalue weighted by atomic mass is 16.2. The summed E-state index contributed by atoms with van der Waals surface area (Å²) in [5.41, 5.74) is -0.383. The standard InChI is InChI=1S/C8H12N2O2/c1-10-5-8(4-6(10)11)2-3-9-7(8)12/h2-5H2,1H3,(H,9,12)/t8-/m1/s1. The predicted octanol–water partition coefficient (Wildman–Crippen LogP) is -0.645. The van der Waals surface area contributed by atoms with E-state index in [0.717, 1.165) is 13.0 Å². The van der Waals surface area contributed by atoms with Gasteiger partial charge >= 0.3 is 0 Å². The molecule has 1 spiro atoms. The fourth-order valence-electron chi connectivity index (χ4n) is 2.06. The molecule has 2 aliphatic heterocycles. The fraction of sp³-hybridized carbons (Fsp3) is 0.750. The van der Waals surface area contributed by atoms with Crippen LogP contribution >= 0.6 is 0 Å². The van der Waals surface area contributed by atoms with Gasteiger partial charge < -0.3 is 10.2 Å². The smallest absolute Gasteiger partial charge is 0.228 e. The van der Waals surface area contributed by atoms with E-state index in [4.69, 9.17) is 0 Å². The molecule has 1 atom stereocenters. The molecule has 4 nitrogen and oxygen atoms in total. The van der Waals surface area contributed by atoms with E-state index in [1.807, 2.05) is 0 Å². The lowest BCUT2D eigenvalue weighted by Gasteiger charge is -2.17. The van der Waals surface area contributed by atoms with E-state index < -0.39 is 0 Å². The van der Waals surface area contributed by atoms with Gasteiger partial charge in [0.2, 0.25) is 11.8 Å². The van der Waals surface area contributed by atoms with Crippen molar-refractivity contribution < 1.29 is 9.59 Å². The van der Waals surface area contributed by atoms with Crippen molar-refractivity contribution in [2.75, 3.05) is 20.1 Å². The molecule has 0 aromatic rings. The maximum absolute atomic E-state index is 11.4. The largest absolute Gasteiger partial charge is 0.356 e. The van der Waals surface area contributed by atoms with Gasteiger partial charge in [0.05, 0.1) is 5.41 Å². The molecule has 4 heteroatoms. The van der Waals surface area contributed by atoms with Crippen LogP contribution < -0.4 is 5.32 Å². The molecule has 1 N–H and O–H groups in total. The summed E-state index contributed by atoms with van der Waals surface area (Å²) in [7, 11) is 1.75. The lowest BCUT2D eigenvalue weighted by atomic mass is 9.85. The van der Waals surface area contributed by atoms with Gasteiger partial charge in [-0.05, 0) is 6.42 Å². The van der Waals surface area contributed by atoms with Crippen LogP contribution in [0.4, 0.5) is 0 Å². The fourth-order valence-corrected chi connectivity index (χ4v) is 2.06. The van der Waals surface area contributed by atoms with E-state index in [1.165, 1.54) is 0 Å². The van der Waals surface area contributed by atoms with Gasteiger partial charge in [0.1, 0.15) is 0 Å². The van der Waals surface area contributed by atoms with Gasteiger partial charge in [-0.25, -0.2) is 0 Å². The second-order valence-corrected chi connectivity index (χ2v) is 3.71. The Balaban J connectivity index is 2.24. The Kier molecular flexibility index (Phi) is 1.40. The summed E-state index contributed by atoms with van der Waals surface area (Å²) in [5.74, 6) is 0.146. The quantitative estimate of drug-likeness (QED) is 0.523. The maximum Gasteiger partial charge on any atom is 0.228 e. The first-order valence-electron chi connectivity index (χ1n) is 4.16. The summed E-state index contributed by atoms with van der Waals surface area (Å²) in [5, 5.41) is 2.78. The molecular weight excluding hydrogens is 156 g/mol. The van der Waals surface area contributed by atoms with Gasteiger partial charge in [0.15, 0.2) is 0 Å². The van der Waals surface area contributed by atoms with Gasteiger partial charge in [-0.1, -0.05) is 0 Å². The molecule has 2 amide bonds. The SMILES string of the molecule is CN1C[C@@]2(CCNC2=O)CC1=O. The number of nitrogens with one attached hydrogen (secondary N) is 1. The molecule has 2 saturated heterocycles. The second kappa shape index (κ2) is 2.21. The Hall–Kier alpha value is -1.06. The van der Waals surface area contributed by atoms with Crippen molar-refractivity contribution in [3.63, 3.8) is 0 Å². The lowest BCUT2D eigenvalue weighted by Crippen LogP contribution is -2.33. The van der Waals surface area contributed by atoms with Crippen LogP contribution in [0.25, 0.3) is 0 Å². The third-order valence-corrected chi connectivity index (χ3v) is 2.83. The van der Waals surface area contributed by atoms with Crippen LogP contribution in [-0.4, -0.2) is 36.9 Å². The molecule has 0 aliphatic carbocycles. The van der Waals surface area contributed by atoms with Crippen molar-refractivity contribution in [3.8, 4) is 0 Å². The Labute approximate surface area is 70.9 Å². The molecule has 0 radical (unpaired) electrons. The summed E-state index contributed by atoms with van der Waals surface area (Å²) in [6.45, 7) is 1.32. The van der Waals surface area contributed by atoms with Crippen LogP contribution in [0.2, 0.25) is 0 Å². The molecule has 0 bridgehead atoms. The van der Waals surface area contributed by atoms with Crippen molar-refractivity contribution in [1.82, 2.24) is 10.2 Å². The Morgan fingerprint density at radius 3 is 2.67 bits per heavy atom. The lowest BCUT2D eigenvalue weighted by molar-refractivity contribution is -0.129. The monoisotopic (exact) mass is 168 g/mol. The molecule has 0 unspecified atom stereocenters. The molecule has 2 aliphatic rings. The number of carbonyl (C=O) groups excluding carboxylic acids is 2. The Morgan fingerprint density at radius 1 is 1.50 bits per heavy atom. The summed E-state index contributed by atoms with van der Waals surface area (Å²) in [6.07, 6.45) is 1.21. The van der Waals surface area contributed by atoms with Crippen LogP contribution in [0.3, 0.4) is 0 Å². The highest BCUT2D eigenvalue weighted by Gasteiger charge is 2.49. The normalized spacial score (nSPS) is 34.9. The first-order chi connectivity index (χ1) is 5.64. The Morgan fingerprint density at radius 2 is 2.25 bits per heavy atom. The van der Waals surface area contributed by atoms with Gasteiger partial charge in [-0.3, -0.25) is 9.59 Å². The van der Waals surface area contributed by atoms with Crippen molar-refractivity contribution in [1.29, 1.82) is 0 Å². The number of hydrogen-bond acceptors (Lipinski definition) is 2. The zero-order valence-corrected chi connectivity index (χ0v) is 7.09. The van der Waals surface area contributed by atoms with E-state index in [-0.39, 0.29) is 17.2 Å². The first-order valence-corrected chi connectivity index (χ1v) is 4.16. The number of amides is 2. The molecule has 2 heterocycles. The number of rotatable bonds is 0. The van der Waals surface area contributed by atoms with E-state index in [1.54, 1.807) is 11.9 Å². The zero-order chi connectivity index (χ0) is 8.77. The van der Waals surface area contributed by atoms with Gasteiger partial charge in [-0.2, -0.15) is 0 Å². The third kappa shape index (κ3) is 0.838. The first kappa shape index (κ1) is 7.58. The summed E-state index contributed by atoms with van der Waals surface area (Å²) >= 11 is 0. The van der Waals surface area contributed by atoms with E-state index in [0.29, 0.717) is 13.0 Å². The Bertz CT molecular complexity index is 251. The van der Waals surface area contributed by atoms with Crippen LogP contribution in [0.15, 0.2) is 0 Å². The van der Waals surface area contributed by atoms with Crippen molar-refractivity contribution in [2.24, 2.45) is 5.41 Å². The molecular formula is C8H12N2O2. The number of likely N-dealkylation sites (tertiary alicyclic amines) is 1. The minimum atomic E-state index is -0.383. The van der Waals surface area contributed by atoms with E-state index in [9.17, 15) is 9.59 Å². The number of nitrogens with zero attached hydrogens (tertiary/aromatic N) is 1. The van der Waals surface area contributed by atoms with E-state index in [2.05, 4.69) is 5.32 Å². The number of hydrogen-bond donors (Lipinski definition) is 1.